The molecular weight excluding hydrogens is 264 g/mol. The lowest BCUT2D eigenvalue weighted by Crippen LogP contribution is -2.38. The molecule has 1 aromatic carbocycles. The quantitative estimate of drug-likeness (QED) is 0.824. The van der Waals surface area contributed by atoms with E-state index in [4.69, 9.17) is 10.5 Å². The molecule has 1 aliphatic heterocycles. The first-order chi connectivity index (χ1) is 8.61. The van der Waals surface area contributed by atoms with Crippen LogP contribution in [0, 0.1) is 13.8 Å². The molecule has 1 heterocycles. The molecule has 1 atom stereocenters. The zero-order chi connectivity index (χ0) is 13.1. The molecule has 2 rings (SSSR count). The van der Waals surface area contributed by atoms with Gasteiger partial charge in [0.15, 0.2) is 6.10 Å². The van der Waals surface area contributed by atoms with E-state index < -0.39 is 0 Å². The van der Waals surface area contributed by atoms with Crippen LogP contribution in [0.3, 0.4) is 0 Å². The molecule has 1 unspecified atom stereocenters. The molecule has 1 amide bonds. The molecule has 1 aromatic rings. The Hall–Kier alpha value is -1.26. The van der Waals surface area contributed by atoms with Crippen molar-refractivity contribution < 1.29 is 9.53 Å². The number of amides is 1. The molecule has 1 aliphatic rings. The van der Waals surface area contributed by atoms with E-state index in [1.165, 1.54) is 11.1 Å². The molecular formula is C14H21ClN2O2. The second-order valence-electron chi connectivity index (χ2n) is 4.79. The summed E-state index contributed by atoms with van der Waals surface area (Å²) in [7, 11) is 0. The van der Waals surface area contributed by atoms with Crippen molar-refractivity contribution in [1.82, 2.24) is 5.32 Å². The van der Waals surface area contributed by atoms with E-state index in [0.717, 1.165) is 17.7 Å². The molecule has 106 valence electrons. The van der Waals surface area contributed by atoms with E-state index in [2.05, 4.69) is 18.3 Å². The van der Waals surface area contributed by atoms with Crippen molar-refractivity contribution in [2.75, 3.05) is 13.1 Å². The van der Waals surface area contributed by atoms with Crippen LogP contribution in [0.4, 0.5) is 0 Å². The lowest BCUT2D eigenvalue weighted by atomic mass is 10.0. The van der Waals surface area contributed by atoms with Crippen LogP contribution < -0.4 is 15.8 Å². The van der Waals surface area contributed by atoms with Gasteiger partial charge in [-0.25, -0.2) is 0 Å². The average Bonchev–Trinajstić information content (AvgIpc) is 2.73. The minimum atomic E-state index is -0.390. The molecule has 3 N–H and O–H groups in total. The van der Waals surface area contributed by atoms with Crippen LogP contribution >= 0.6 is 12.4 Å². The average molecular weight is 285 g/mol. The predicted molar refractivity (Wildman–Crippen MR) is 78.0 cm³/mol. The Labute approximate surface area is 120 Å². The maximum Gasteiger partial charge on any atom is 0.261 e. The number of carbonyl (C=O) groups is 1. The van der Waals surface area contributed by atoms with Crippen LogP contribution in [0.5, 0.6) is 5.75 Å². The number of hydrogen-bond acceptors (Lipinski definition) is 3. The summed E-state index contributed by atoms with van der Waals surface area (Å²) in [4.78, 5) is 11.9. The minimum absolute atomic E-state index is 0. The van der Waals surface area contributed by atoms with Gasteiger partial charge in [-0.05, 0) is 49.6 Å². The van der Waals surface area contributed by atoms with E-state index in [1.54, 1.807) is 0 Å². The first-order valence-electron chi connectivity index (χ1n) is 6.36. The molecule has 0 saturated carbocycles. The van der Waals surface area contributed by atoms with Crippen molar-refractivity contribution in [3.05, 3.63) is 28.8 Å². The van der Waals surface area contributed by atoms with Gasteiger partial charge in [-0.3, -0.25) is 4.79 Å². The number of ether oxygens (including phenoxy) is 1. The Morgan fingerprint density at radius 1 is 1.42 bits per heavy atom. The molecule has 0 bridgehead atoms. The summed E-state index contributed by atoms with van der Waals surface area (Å²) in [6.45, 7) is 5.33. The number of benzene rings is 1. The number of halogens is 1. The second kappa shape index (κ2) is 6.78. The SMILES string of the molecule is Cc1cc2c(cc1C)OC(C(=O)NCCCN)C2.Cl. The number of aryl methyl sites for hydroxylation is 2. The van der Waals surface area contributed by atoms with Gasteiger partial charge in [-0.2, -0.15) is 0 Å². The highest BCUT2D eigenvalue weighted by atomic mass is 35.5. The van der Waals surface area contributed by atoms with Crippen molar-refractivity contribution in [2.45, 2.75) is 32.8 Å². The fourth-order valence-electron chi connectivity index (χ4n) is 2.09. The Kier molecular flexibility index (Phi) is 5.63. The third-order valence-corrected chi connectivity index (χ3v) is 3.32. The van der Waals surface area contributed by atoms with Crippen molar-refractivity contribution in [1.29, 1.82) is 0 Å². The Morgan fingerprint density at radius 3 is 2.79 bits per heavy atom. The first kappa shape index (κ1) is 15.8. The van der Waals surface area contributed by atoms with E-state index >= 15 is 0 Å². The van der Waals surface area contributed by atoms with Crippen LogP contribution in [0.25, 0.3) is 0 Å². The van der Waals surface area contributed by atoms with Crippen LogP contribution in [-0.2, 0) is 11.2 Å². The summed E-state index contributed by atoms with van der Waals surface area (Å²) < 4.78 is 5.69. The third-order valence-electron chi connectivity index (χ3n) is 3.32. The van der Waals surface area contributed by atoms with E-state index in [0.29, 0.717) is 19.5 Å². The molecule has 0 aliphatic carbocycles. The van der Waals surface area contributed by atoms with Crippen molar-refractivity contribution in [3.8, 4) is 5.75 Å². The molecule has 0 spiro atoms. The van der Waals surface area contributed by atoms with Gasteiger partial charge in [0.25, 0.3) is 5.91 Å². The number of nitrogens with two attached hydrogens (primary N) is 1. The highest BCUT2D eigenvalue weighted by molar-refractivity contribution is 5.85. The number of rotatable bonds is 4. The Balaban J connectivity index is 0.00000180. The molecule has 0 saturated heterocycles. The molecule has 0 aromatic heterocycles. The zero-order valence-corrected chi connectivity index (χ0v) is 12.2. The number of fused-ring (bicyclic) bond motifs is 1. The molecule has 0 fully saturated rings. The number of nitrogens with one attached hydrogen (secondary N) is 1. The van der Waals surface area contributed by atoms with Crippen LogP contribution in [0.15, 0.2) is 12.1 Å². The molecule has 0 radical (unpaired) electrons. The monoisotopic (exact) mass is 284 g/mol. The van der Waals surface area contributed by atoms with Crippen LogP contribution in [0.1, 0.15) is 23.1 Å². The summed E-state index contributed by atoms with van der Waals surface area (Å²) in [5, 5.41) is 2.85. The maximum absolute atomic E-state index is 11.9. The van der Waals surface area contributed by atoms with Crippen molar-refractivity contribution >= 4 is 18.3 Å². The standard InChI is InChI=1S/C14H20N2O2.ClH/c1-9-6-11-8-13(14(17)16-5-3-4-15)18-12(11)7-10(9)2;/h6-7,13H,3-5,8,15H2,1-2H3,(H,16,17);1H. The summed E-state index contributed by atoms with van der Waals surface area (Å²) in [5.41, 5.74) is 8.94. The molecule has 5 heteroatoms. The minimum Gasteiger partial charge on any atom is -0.480 e. The normalized spacial score (nSPS) is 16.3. The van der Waals surface area contributed by atoms with Crippen molar-refractivity contribution in [2.24, 2.45) is 5.73 Å². The smallest absolute Gasteiger partial charge is 0.261 e. The maximum atomic E-state index is 11.9. The van der Waals surface area contributed by atoms with E-state index in [-0.39, 0.29) is 24.4 Å². The third kappa shape index (κ3) is 3.61. The van der Waals surface area contributed by atoms with Gasteiger partial charge in [0.1, 0.15) is 5.75 Å². The Bertz CT molecular complexity index is 432. The highest BCUT2D eigenvalue weighted by Gasteiger charge is 2.29. The summed E-state index contributed by atoms with van der Waals surface area (Å²) >= 11 is 0. The summed E-state index contributed by atoms with van der Waals surface area (Å²) in [6, 6.07) is 4.12. The van der Waals surface area contributed by atoms with Gasteiger partial charge in [-0.1, -0.05) is 6.07 Å². The van der Waals surface area contributed by atoms with Gasteiger partial charge in [0, 0.05) is 13.0 Å². The lowest BCUT2D eigenvalue weighted by molar-refractivity contribution is -0.127. The fourth-order valence-corrected chi connectivity index (χ4v) is 2.09. The highest BCUT2D eigenvalue weighted by Crippen LogP contribution is 2.31. The van der Waals surface area contributed by atoms with Crippen LogP contribution in [-0.4, -0.2) is 25.1 Å². The second-order valence-corrected chi connectivity index (χ2v) is 4.79. The van der Waals surface area contributed by atoms with Crippen molar-refractivity contribution in [3.63, 3.8) is 0 Å². The van der Waals surface area contributed by atoms with Gasteiger partial charge in [0.2, 0.25) is 0 Å². The van der Waals surface area contributed by atoms with Crippen LogP contribution in [0.2, 0.25) is 0 Å². The zero-order valence-electron chi connectivity index (χ0n) is 11.4. The predicted octanol–water partition coefficient (Wildman–Crippen LogP) is 1.49. The molecule has 19 heavy (non-hydrogen) atoms. The van der Waals surface area contributed by atoms with E-state index in [9.17, 15) is 4.79 Å². The molecule has 4 nitrogen and oxygen atoms in total. The lowest BCUT2D eigenvalue weighted by Gasteiger charge is -2.10. The van der Waals surface area contributed by atoms with Gasteiger partial charge < -0.3 is 15.8 Å². The van der Waals surface area contributed by atoms with Gasteiger partial charge >= 0.3 is 0 Å². The largest absolute Gasteiger partial charge is 0.480 e. The topological polar surface area (TPSA) is 64.3 Å². The fraction of sp³-hybridized carbons (Fsp3) is 0.500. The number of hydrogen-bond donors (Lipinski definition) is 2. The Morgan fingerprint density at radius 2 is 2.11 bits per heavy atom. The van der Waals surface area contributed by atoms with Gasteiger partial charge in [0.05, 0.1) is 0 Å². The summed E-state index contributed by atoms with van der Waals surface area (Å²) in [5.74, 6) is 0.798. The van der Waals surface area contributed by atoms with E-state index in [1.807, 2.05) is 13.0 Å². The van der Waals surface area contributed by atoms with Gasteiger partial charge in [-0.15, -0.1) is 12.4 Å². The first-order valence-corrected chi connectivity index (χ1v) is 6.36. The number of carbonyl (C=O) groups excluding carboxylic acids is 1. The summed E-state index contributed by atoms with van der Waals surface area (Å²) in [6.07, 6.45) is 1.06.